The highest BCUT2D eigenvalue weighted by Crippen LogP contribution is 2.33. The summed E-state index contributed by atoms with van der Waals surface area (Å²) in [7, 11) is 0.0475. The first-order valence-electron chi connectivity index (χ1n) is 8.74. The van der Waals surface area contributed by atoms with Crippen molar-refractivity contribution in [2.75, 3.05) is 45.9 Å². The number of nitrogens with zero attached hydrogens (tertiary/aromatic N) is 1. The molecular formula is C18H28N2O5S. The van der Waals surface area contributed by atoms with Gasteiger partial charge < -0.3 is 14.8 Å². The van der Waals surface area contributed by atoms with Gasteiger partial charge in [0.15, 0.2) is 11.5 Å². The monoisotopic (exact) mass is 384 g/mol. The summed E-state index contributed by atoms with van der Waals surface area (Å²) < 4.78 is 33.1. The summed E-state index contributed by atoms with van der Waals surface area (Å²) in [6, 6.07) is 5.79. The van der Waals surface area contributed by atoms with E-state index in [9.17, 15) is 13.2 Å². The van der Waals surface area contributed by atoms with Crippen LogP contribution in [0.2, 0.25) is 0 Å². The number of hydrogen-bond donors (Lipinski definition) is 1. The second-order valence-corrected chi connectivity index (χ2v) is 8.82. The number of ether oxygens (including phenoxy) is 2. The van der Waals surface area contributed by atoms with Crippen molar-refractivity contribution >= 4 is 15.7 Å². The second kappa shape index (κ2) is 9.23. The minimum absolute atomic E-state index is 0.0134. The van der Waals surface area contributed by atoms with Crippen LogP contribution in [-0.4, -0.2) is 65.1 Å². The normalized spacial score (nSPS) is 16.3. The highest BCUT2D eigenvalue weighted by Gasteiger charge is 2.25. The van der Waals surface area contributed by atoms with Gasteiger partial charge in [0.25, 0.3) is 0 Å². The fraction of sp³-hybridized carbons (Fsp3) is 0.611. The molecule has 0 aliphatic carbocycles. The minimum atomic E-state index is -3.14. The van der Waals surface area contributed by atoms with Crippen molar-refractivity contribution in [2.45, 2.75) is 25.3 Å². The predicted molar refractivity (Wildman–Crippen MR) is 100 cm³/mol. The Labute approximate surface area is 155 Å². The zero-order valence-electron chi connectivity index (χ0n) is 15.7. The molecule has 0 spiro atoms. The second-order valence-electron chi connectivity index (χ2n) is 6.56. The van der Waals surface area contributed by atoms with E-state index in [-0.39, 0.29) is 24.1 Å². The molecule has 1 aromatic rings. The van der Waals surface area contributed by atoms with E-state index in [0.29, 0.717) is 18.0 Å². The van der Waals surface area contributed by atoms with Crippen molar-refractivity contribution in [1.29, 1.82) is 0 Å². The van der Waals surface area contributed by atoms with Gasteiger partial charge in [-0.2, -0.15) is 0 Å². The first kappa shape index (κ1) is 20.5. The van der Waals surface area contributed by atoms with Crippen molar-refractivity contribution in [1.82, 2.24) is 10.2 Å². The van der Waals surface area contributed by atoms with E-state index in [1.165, 1.54) is 0 Å². The highest BCUT2D eigenvalue weighted by molar-refractivity contribution is 7.90. The molecule has 2 rings (SSSR count). The highest BCUT2D eigenvalue weighted by atomic mass is 32.2. The van der Waals surface area contributed by atoms with Crippen molar-refractivity contribution in [3.8, 4) is 11.5 Å². The van der Waals surface area contributed by atoms with Crippen LogP contribution in [0.5, 0.6) is 11.5 Å². The molecule has 0 saturated carbocycles. The number of nitrogens with one attached hydrogen (secondary N) is 1. The van der Waals surface area contributed by atoms with Gasteiger partial charge in [-0.1, -0.05) is 6.07 Å². The molecule has 1 amide bonds. The molecule has 1 fully saturated rings. The first-order valence-corrected chi connectivity index (χ1v) is 10.8. The number of carbonyl (C=O) groups excluding carboxylic acids is 1. The Morgan fingerprint density at radius 3 is 2.42 bits per heavy atom. The molecular weight excluding hydrogens is 356 g/mol. The predicted octanol–water partition coefficient (Wildman–Crippen LogP) is 1.39. The van der Waals surface area contributed by atoms with Gasteiger partial charge in [-0.15, -0.1) is 0 Å². The SMILES string of the molecule is COc1ccc(C(CNC(=O)CCS(C)(=O)=O)N2CCCC2)cc1OC. The molecule has 0 bridgehead atoms. The van der Waals surface area contributed by atoms with Crippen LogP contribution in [0.1, 0.15) is 30.9 Å². The molecule has 1 aromatic carbocycles. The number of amides is 1. The molecule has 1 atom stereocenters. The van der Waals surface area contributed by atoms with Gasteiger partial charge in [-0.25, -0.2) is 8.42 Å². The molecule has 8 heteroatoms. The smallest absolute Gasteiger partial charge is 0.221 e. The summed E-state index contributed by atoms with van der Waals surface area (Å²) >= 11 is 0. The van der Waals surface area contributed by atoms with Crippen molar-refractivity contribution < 1.29 is 22.7 Å². The Kier molecular flexibility index (Phi) is 7.28. The standard InChI is InChI=1S/C18H28N2O5S/c1-24-16-7-6-14(12-17(16)25-2)15(20-9-4-5-10-20)13-19-18(21)8-11-26(3,22)23/h6-7,12,15H,4-5,8-11,13H2,1-3H3,(H,19,21). The van der Waals surface area contributed by atoms with Gasteiger partial charge >= 0.3 is 0 Å². The van der Waals surface area contributed by atoms with Crippen LogP contribution < -0.4 is 14.8 Å². The Bertz CT molecular complexity index is 714. The molecule has 1 saturated heterocycles. The number of hydrogen-bond acceptors (Lipinski definition) is 6. The lowest BCUT2D eigenvalue weighted by Gasteiger charge is -2.28. The number of likely N-dealkylation sites (tertiary alicyclic amines) is 1. The summed E-state index contributed by atoms with van der Waals surface area (Å²) in [5.41, 5.74) is 1.04. The quantitative estimate of drug-likeness (QED) is 0.693. The number of methoxy groups -OCH3 is 2. The molecule has 146 valence electrons. The maximum Gasteiger partial charge on any atom is 0.221 e. The van der Waals surface area contributed by atoms with Crippen LogP contribution >= 0.6 is 0 Å². The summed E-state index contributed by atoms with van der Waals surface area (Å²) in [6.07, 6.45) is 3.38. The van der Waals surface area contributed by atoms with Crippen molar-refractivity contribution in [3.63, 3.8) is 0 Å². The van der Waals surface area contributed by atoms with Crippen LogP contribution in [0, 0.1) is 0 Å². The van der Waals surface area contributed by atoms with Crippen molar-refractivity contribution in [2.24, 2.45) is 0 Å². The summed E-state index contributed by atoms with van der Waals surface area (Å²) in [6.45, 7) is 2.37. The average Bonchev–Trinajstić information content (AvgIpc) is 3.13. The molecule has 1 aliphatic heterocycles. The number of sulfone groups is 1. The number of rotatable bonds is 9. The van der Waals surface area contributed by atoms with E-state index in [1.807, 2.05) is 18.2 Å². The topological polar surface area (TPSA) is 84.9 Å². The lowest BCUT2D eigenvalue weighted by molar-refractivity contribution is -0.120. The van der Waals surface area contributed by atoms with Gasteiger partial charge in [0.05, 0.1) is 26.0 Å². The largest absolute Gasteiger partial charge is 0.493 e. The lowest BCUT2D eigenvalue weighted by atomic mass is 10.0. The first-order chi connectivity index (χ1) is 12.3. The van der Waals surface area contributed by atoms with E-state index >= 15 is 0 Å². The van der Waals surface area contributed by atoms with Gasteiger partial charge in [0, 0.05) is 19.2 Å². The summed E-state index contributed by atoms with van der Waals surface area (Å²) in [5.74, 6) is 0.926. The Balaban J connectivity index is 2.10. The van der Waals surface area contributed by atoms with E-state index < -0.39 is 9.84 Å². The molecule has 7 nitrogen and oxygen atoms in total. The molecule has 1 N–H and O–H groups in total. The molecule has 1 heterocycles. The zero-order valence-corrected chi connectivity index (χ0v) is 16.5. The molecule has 1 aliphatic rings. The molecule has 0 radical (unpaired) electrons. The third-order valence-corrected chi connectivity index (χ3v) is 5.51. The van der Waals surface area contributed by atoms with E-state index in [0.717, 1.165) is 37.8 Å². The van der Waals surface area contributed by atoms with Crippen LogP contribution in [0.15, 0.2) is 18.2 Å². The Morgan fingerprint density at radius 1 is 1.19 bits per heavy atom. The Morgan fingerprint density at radius 2 is 1.85 bits per heavy atom. The third-order valence-electron chi connectivity index (χ3n) is 4.57. The van der Waals surface area contributed by atoms with Crippen molar-refractivity contribution in [3.05, 3.63) is 23.8 Å². The fourth-order valence-electron chi connectivity index (χ4n) is 3.15. The minimum Gasteiger partial charge on any atom is -0.493 e. The average molecular weight is 384 g/mol. The fourth-order valence-corrected chi connectivity index (χ4v) is 3.70. The van der Waals surface area contributed by atoms with Crippen LogP contribution in [0.3, 0.4) is 0 Å². The van der Waals surface area contributed by atoms with Gasteiger partial charge in [-0.05, 0) is 43.6 Å². The molecule has 0 aromatic heterocycles. The number of benzene rings is 1. The maximum atomic E-state index is 12.0. The molecule has 1 unspecified atom stereocenters. The van der Waals surface area contributed by atoms with Gasteiger partial charge in [0.1, 0.15) is 9.84 Å². The number of carbonyl (C=O) groups is 1. The van der Waals surface area contributed by atoms with E-state index in [2.05, 4.69) is 10.2 Å². The van der Waals surface area contributed by atoms with E-state index in [4.69, 9.17) is 9.47 Å². The maximum absolute atomic E-state index is 12.0. The summed E-state index contributed by atoms with van der Waals surface area (Å²) in [5, 5.41) is 2.88. The molecule has 26 heavy (non-hydrogen) atoms. The lowest BCUT2D eigenvalue weighted by Crippen LogP contribution is -2.37. The zero-order chi connectivity index (χ0) is 19.2. The van der Waals surface area contributed by atoms with Gasteiger partial charge in [-0.3, -0.25) is 9.69 Å². The summed E-state index contributed by atoms with van der Waals surface area (Å²) in [4.78, 5) is 14.4. The third kappa shape index (κ3) is 5.88. The van der Waals surface area contributed by atoms with Crippen LogP contribution in [0.25, 0.3) is 0 Å². The van der Waals surface area contributed by atoms with Gasteiger partial charge in [0.2, 0.25) is 5.91 Å². The van der Waals surface area contributed by atoms with Crippen LogP contribution in [0.4, 0.5) is 0 Å². The van der Waals surface area contributed by atoms with E-state index in [1.54, 1.807) is 14.2 Å². The van der Waals surface area contributed by atoms with Crippen LogP contribution in [-0.2, 0) is 14.6 Å². The Hall–Kier alpha value is -1.80.